The highest BCUT2D eigenvalue weighted by atomic mass is 32.1. The molecule has 2 heterocycles. The van der Waals surface area contributed by atoms with E-state index in [0.717, 1.165) is 11.5 Å². The Morgan fingerprint density at radius 2 is 2.00 bits per heavy atom. The molecule has 0 aliphatic carbocycles. The molecule has 0 spiro atoms. The van der Waals surface area contributed by atoms with Gasteiger partial charge < -0.3 is 5.32 Å². The van der Waals surface area contributed by atoms with E-state index in [4.69, 9.17) is 0 Å². The van der Waals surface area contributed by atoms with Gasteiger partial charge in [0.25, 0.3) is 0 Å². The minimum Gasteiger partial charge on any atom is -0.373 e. The highest BCUT2D eigenvalue weighted by Gasteiger charge is 2.16. The normalized spacial score (nSPS) is 10.9. The van der Waals surface area contributed by atoms with E-state index in [1.807, 2.05) is 7.05 Å². The molecule has 17 heavy (non-hydrogen) atoms. The zero-order valence-electron chi connectivity index (χ0n) is 10.6. The zero-order chi connectivity index (χ0) is 12.4. The SMILES string of the molecule is CNc1ncnc(-c2ccc(C)s2)c1C(C)C. The lowest BCUT2D eigenvalue weighted by molar-refractivity contribution is 0.853. The molecule has 0 unspecified atom stereocenters. The van der Waals surface area contributed by atoms with Crippen LogP contribution in [0.25, 0.3) is 10.6 Å². The van der Waals surface area contributed by atoms with Crippen molar-refractivity contribution in [2.24, 2.45) is 0 Å². The maximum Gasteiger partial charge on any atom is 0.133 e. The number of anilines is 1. The van der Waals surface area contributed by atoms with Crippen LogP contribution in [0.2, 0.25) is 0 Å². The first-order chi connectivity index (χ1) is 8.13. The Balaban J connectivity index is 2.60. The molecule has 0 radical (unpaired) electrons. The van der Waals surface area contributed by atoms with Crippen molar-refractivity contribution in [3.05, 3.63) is 28.9 Å². The van der Waals surface area contributed by atoms with Crippen LogP contribution in [0.4, 0.5) is 5.82 Å². The van der Waals surface area contributed by atoms with Crippen LogP contribution in [0.5, 0.6) is 0 Å². The van der Waals surface area contributed by atoms with Gasteiger partial charge in [0.1, 0.15) is 12.1 Å². The molecule has 0 saturated carbocycles. The number of rotatable bonds is 3. The monoisotopic (exact) mass is 247 g/mol. The highest BCUT2D eigenvalue weighted by Crippen LogP contribution is 2.35. The Bertz CT molecular complexity index is 517. The van der Waals surface area contributed by atoms with Crippen LogP contribution >= 0.6 is 11.3 Å². The molecule has 1 N–H and O–H groups in total. The number of nitrogens with zero attached hydrogens (tertiary/aromatic N) is 2. The fourth-order valence-corrected chi connectivity index (χ4v) is 2.78. The largest absolute Gasteiger partial charge is 0.373 e. The fourth-order valence-electron chi connectivity index (χ4n) is 1.90. The standard InChI is InChI=1S/C13H17N3S/c1-8(2)11-12(10-6-5-9(3)17-10)15-7-16-13(11)14-4/h5-8H,1-4H3,(H,14,15,16). The van der Waals surface area contributed by atoms with Gasteiger partial charge in [0.05, 0.1) is 10.6 Å². The fraction of sp³-hybridized carbons (Fsp3) is 0.385. The van der Waals surface area contributed by atoms with Gasteiger partial charge in [-0.15, -0.1) is 11.3 Å². The van der Waals surface area contributed by atoms with E-state index < -0.39 is 0 Å². The summed E-state index contributed by atoms with van der Waals surface area (Å²) in [6, 6.07) is 4.26. The van der Waals surface area contributed by atoms with Crippen molar-refractivity contribution in [3.63, 3.8) is 0 Å². The van der Waals surface area contributed by atoms with Crippen molar-refractivity contribution in [3.8, 4) is 10.6 Å². The summed E-state index contributed by atoms with van der Waals surface area (Å²) in [7, 11) is 1.90. The molecule has 0 amide bonds. The molecular formula is C13H17N3S. The van der Waals surface area contributed by atoms with Gasteiger partial charge in [-0.2, -0.15) is 0 Å². The summed E-state index contributed by atoms with van der Waals surface area (Å²) in [5.41, 5.74) is 2.24. The van der Waals surface area contributed by atoms with Gasteiger partial charge in [-0.1, -0.05) is 13.8 Å². The summed E-state index contributed by atoms with van der Waals surface area (Å²) < 4.78 is 0. The van der Waals surface area contributed by atoms with Crippen LogP contribution < -0.4 is 5.32 Å². The Hall–Kier alpha value is -1.42. The molecule has 0 aliphatic rings. The Kier molecular flexibility index (Phi) is 3.43. The Morgan fingerprint density at radius 1 is 1.24 bits per heavy atom. The summed E-state index contributed by atoms with van der Waals surface area (Å²) in [4.78, 5) is 11.3. The Labute approximate surface area is 106 Å². The second-order valence-corrected chi connectivity index (χ2v) is 5.59. The van der Waals surface area contributed by atoms with Gasteiger partial charge in [0, 0.05) is 17.5 Å². The minimum absolute atomic E-state index is 0.399. The molecule has 3 nitrogen and oxygen atoms in total. The average Bonchev–Trinajstić information content (AvgIpc) is 2.74. The summed E-state index contributed by atoms with van der Waals surface area (Å²) in [6.07, 6.45) is 1.63. The van der Waals surface area contributed by atoms with Crippen molar-refractivity contribution in [1.29, 1.82) is 0 Å². The summed E-state index contributed by atoms with van der Waals surface area (Å²) in [5, 5.41) is 3.15. The highest BCUT2D eigenvalue weighted by molar-refractivity contribution is 7.15. The minimum atomic E-state index is 0.399. The molecule has 0 saturated heterocycles. The van der Waals surface area contributed by atoms with Crippen molar-refractivity contribution in [1.82, 2.24) is 9.97 Å². The first kappa shape index (κ1) is 12.0. The third-order valence-corrected chi connectivity index (χ3v) is 3.68. The number of aryl methyl sites for hydroxylation is 1. The lowest BCUT2D eigenvalue weighted by Gasteiger charge is -2.14. The van der Waals surface area contributed by atoms with Gasteiger partial charge >= 0.3 is 0 Å². The van der Waals surface area contributed by atoms with Crippen molar-refractivity contribution < 1.29 is 0 Å². The molecular weight excluding hydrogens is 230 g/mol. The maximum atomic E-state index is 4.45. The second-order valence-electron chi connectivity index (χ2n) is 4.30. The van der Waals surface area contributed by atoms with Gasteiger partial charge in [-0.3, -0.25) is 0 Å². The molecule has 0 fully saturated rings. The predicted octanol–water partition coefficient (Wildman–Crippen LogP) is 3.68. The van der Waals surface area contributed by atoms with E-state index in [1.54, 1.807) is 17.7 Å². The van der Waals surface area contributed by atoms with E-state index in [1.165, 1.54) is 15.3 Å². The van der Waals surface area contributed by atoms with Crippen LogP contribution in [0.15, 0.2) is 18.5 Å². The smallest absolute Gasteiger partial charge is 0.133 e. The van der Waals surface area contributed by atoms with Crippen LogP contribution in [-0.2, 0) is 0 Å². The average molecular weight is 247 g/mol. The lowest BCUT2D eigenvalue weighted by Crippen LogP contribution is -2.04. The van der Waals surface area contributed by atoms with E-state index >= 15 is 0 Å². The van der Waals surface area contributed by atoms with E-state index in [-0.39, 0.29) is 0 Å². The molecule has 0 aliphatic heterocycles. The van der Waals surface area contributed by atoms with Crippen LogP contribution in [0, 0.1) is 6.92 Å². The van der Waals surface area contributed by atoms with Gasteiger partial charge in [-0.05, 0) is 25.0 Å². The first-order valence-corrected chi connectivity index (χ1v) is 6.54. The molecule has 2 aromatic rings. The van der Waals surface area contributed by atoms with Crippen molar-refractivity contribution in [2.75, 3.05) is 12.4 Å². The third kappa shape index (κ3) is 2.31. The number of aromatic nitrogens is 2. The van der Waals surface area contributed by atoms with Gasteiger partial charge in [-0.25, -0.2) is 9.97 Å². The molecule has 2 aromatic heterocycles. The van der Waals surface area contributed by atoms with E-state index in [0.29, 0.717) is 5.92 Å². The first-order valence-electron chi connectivity index (χ1n) is 5.73. The second kappa shape index (κ2) is 4.84. The van der Waals surface area contributed by atoms with Crippen LogP contribution in [0.3, 0.4) is 0 Å². The molecule has 2 rings (SSSR count). The predicted molar refractivity (Wildman–Crippen MR) is 73.7 cm³/mol. The van der Waals surface area contributed by atoms with E-state index in [2.05, 4.69) is 48.2 Å². The number of thiophene rings is 1. The summed E-state index contributed by atoms with van der Waals surface area (Å²) >= 11 is 1.77. The van der Waals surface area contributed by atoms with Gasteiger partial charge in [0.15, 0.2) is 0 Å². The van der Waals surface area contributed by atoms with Crippen molar-refractivity contribution >= 4 is 17.2 Å². The third-order valence-electron chi connectivity index (χ3n) is 2.67. The van der Waals surface area contributed by atoms with Gasteiger partial charge in [0.2, 0.25) is 0 Å². The lowest BCUT2D eigenvalue weighted by atomic mass is 10.0. The molecule has 0 aromatic carbocycles. The molecule has 0 atom stereocenters. The van der Waals surface area contributed by atoms with E-state index in [9.17, 15) is 0 Å². The number of nitrogens with one attached hydrogen (secondary N) is 1. The summed E-state index contributed by atoms with van der Waals surface area (Å²) in [6.45, 7) is 6.45. The number of hydrogen-bond donors (Lipinski definition) is 1. The topological polar surface area (TPSA) is 37.8 Å². The van der Waals surface area contributed by atoms with Crippen LogP contribution in [-0.4, -0.2) is 17.0 Å². The maximum absolute atomic E-state index is 4.45. The Morgan fingerprint density at radius 3 is 2.53 bits per heavy atom. The zero-order valence-corrected chi connectivity index (χ0v) is 11.4. The molecule has 4 heteroatoms. The quantitative estimate of drug-likeness (QED) is 0.899. The van der Waals surface area contributed by atoms with Crippen LogP contribution in [0.1, 0.15) is 30.2 Å². The summed E-state index contributed by atoms with van der Waals surface area (Å²) in [5.74, 6) is 1.33. The van der Waals surface area contributed by atoms with Crippen molar-refractivity contribution in [2.45, 2.75) is 26.7 Å². The molecule has 90 valence electrons. The number of hydrogen-bond acceptors (Lipinski definition) is 4. The molecule has 0 bridgehead atoms.